The zero-order valence-corrected chi connectivity index (χ0v) is 51.0. The van der Waals surface area contributed by atoms with Gasteiger partial charge >= 0.3 is 25.5 Å². The van der Waals surface area contributed by atoms with Gasteiger partial charge in [-0.3, -0.25) is 23.5 Å². The highest BCUT2D eigenvalue weighted by atomic mass is 35.5. The minimum absolute atomic E-state index is 0. The summed E-state index contributed by atoms with van der Waals surface area (Å²) in [6, 6.07) is 0. The number of hydrogen-bond donors (Lipinski definition) is 8. The molecule has 4 aromatic rings. The van der Waals surface area contributed by atoms with Gasteiger partial charge in [0.2, 0.25) is 7.44 Å². The van der Waals surface area contributed by atoms with Gasteiger partial charge in [-0.1, -0.05) is 52.4 Å². The molecule has 2 fully saturated rings. The number of aromatic nitrogens is 8. The van der Waals surface area contributed by atoms with Crippen LogP contribution in [0.1, 0.15) is 146 Å². The van der Waals surface area contributed by atoms with Crippen LogP contribution in [0, 0.1) is 0 Å². The molecule has 26 nitrogen and oxygen atoms in total. The fraction of sp³-hybridized carbons (Fsp3) is 0.740. The second-order valence-electron chi connectivity index (χ2n) is 21.6. The van der Waals surface area contributed by atoms with Crippen LogP contribution < -0.4 is 27.8 Å². The topological polar surface area (TPSA) is 390 Å². The van der Waals surface area contributed by atoms with Crippen LogP contribution in [0.25, 0.3) is 22.3 Å². The number of alkyl halides is 3. The zero-order chi connectivity index (χ0) is 60.2. The van der Waals surface area contributed by atoms with Crippen molar-refractivity contribution < 1.29 is 70.9 Å². The first-order chi connectivity index (χ1) is 37.2. The lowest BCUT2D eigenvalue weighted by atomic mass is 10.1. The lowest BCUT2D eigenvalue weighted by Crippen LogP contribution is -2.54. The fourth-order valence-corrected chi connectivity index (χ4v) is 10.1. The van der Waals surface area contributed by atoms with E-state index in [-0.39, 0.29) is 43.6 Å². The summed E-state index contributed by atoms with van der Waals surface area (Å²) in [4.78, 5) is 77.9. The Labute approximate surface area is 477 Å². The highest BCUT2D eigenvalue weighted by Crippen LogP contribution is 2.44. The lowest BCUT2D eigenvalue weighted by molar-refractivity contribution is -0.152. The molecule has 81 heavy (non-hydrogen) atoms. The zero-order valence-electron chi connectivity index (χ0n) is 48.5. The smallest absolute Gasteiger partial charge is 0.350 e. The van der Waals surface area contributed by atoms with Gasteiger partial charge in [0.15, 0.2) is 22.9 Å². The number of nitrogen functional groups attached to an aromatic ring is 2. The molecule has 0 amide bonds. The van der Waals surface area contributed by atoms with E-state index < -0.39 is 79.2 Å². The molecule has 6 rings (SSSR count). The number of aliphatic hydroxyl groups excluding tert-OH is 1. The molecule has 0 saturated heterocycles. The predicted octanol–water partition coefficient (Wildman–Crippen LogP) is 7.59. The van der Waals surface area contributed by atoms with Crippen LogP contribution in [0.15, 0.2) is 25.3 Å². The van der Waals surface area contributed by atoms with Crippen LogP contribution >= 0.6 is 26.6 Å². The van der Waals surface area contributed by atoms with Gasteiger partial charge in [-0.15, -0.1) is 11.6 Å². The van der Waals surface area contributed by atoms with Crippen molar-refractivity contribution in [1.29, 1.82) is 0 Å². The molecule has 2 aliphatic carbocycles. The Bertz CT molecular complexity index is 2690. The summed E-state index contributed by atoms with van der Waals surface area (Å²) >= 11 is 5.75. The Morgan fingerprint density at radius 2 is 1.09 bits per heavy atom. The van der Waals surface area contributed by atoms with E-state index in [4.69, 9.17) is 61.6 Å². The number of rotatable bonds is 30. The van der Waals surface area contributed by atoms with Crippen molar-refractivity contribution in [2.75, 3.05) is 50.6 Å². The van der Waals surface area contributed by atoms with Crippen LogP contribution in [0.3, 0.4) is 0 Å². The van der Waals surface area contributed by atoms with Crippen molar-refractivity contribution in [1.82, 2.24) is 55.4 Å². The fourth-order valence-electron chi connectivity index (χ4n) is 6.96. The SMILES string of the molecule is CCCCCCOC(=O)C(C)(C)Cl.CCCCCCOC(=O)C(C)(C)NP(=O)(CO[C@H](C)Cn1cnc2c(N)ncnc21)NC(C)(C)C(=O)OCC1(F)CC1.C[C@H](Cn1cnc2c(N)ncnc21)OCP(=O)(O)O.N.OCC1(F)CC1. The standard InChI is InChI=1S/C27H45FN7O6P.C10H19ClO2.C9H14N5O4P.C4H7FO.H3N/c1-7-8-9-10-13-39-23(36)25(3,4)33-42(38,34-26(5,6)24(37)40-15-27(28)11-12-27)18-41-19(2)14-35-17-32-20-21(29)30-16-31-22(20)35;1-4-5-6-7-8-13-9(12)10(2,3)11;1-6(18-5-19(15,16)17)2-14-4-13-7-8(10)11-3-12-9(7)14;5-4(3-6)1-2-4;/h16-17,19H,7-15,18H2,1-6H3,(H2,29,30,31)(H2,33,34,38);4-8H2,1-3H3;3-4,6H,2,5H2,1H3,(H2,10,11,12)(H2,15,16,17);6H,1-3H2;1H3/t19-,42?;;6-;;/m1.1../s1. The normalized spacial score (nSPS) is 15.9. The Morgan fingerprint density at radius 1 is 0.679 bits per heavy atom. The molecular formula is C50H88ClF2N13O13P2. The Hall–Kier alpha value is -4.60. The summed E-state index contributed by atoms with van der Waals surface area (Å²) in [5, 5.41) is 13.8. The Morgan fingerprint density at radius 3 is 1.46 bits per heavy atom. The van der Waals surface area contributed by atoms with E-state index >= 15 is 0 Å². The molecule has 12 N–H and O–H groups in total. The number of imidazole rings is 2. The molecule has 0 radical (unpaired) electrons. The number of fused-ring (bicyclic) bond motifs is 2. The van der Waals surface area contributed by atoms with Crippen molar-refractivity contribution >= 4 is 78.5 Å². The van der Waals surface area contributed by atoms with Crippen LogP contribution in [-0.2, 0) is 60.3 Å². The molecule has 2 saturated carbocycles. The molecule has 2 aliphatic rings. The molecule has 0 aliphatic heterocycles. The molecule has 1 unspecified atom stereocenters. The molecule has 462 valence electrons. The molecular weight excluding hydrogens is 1130 g/mol. The maximum atomic E-state index is 14.4. The molecule has 0 aromatic carbocycles. The first-order valence-corrected chi connectivity index (χ1v) is 30.8. The van der Waals surface area contributed by atoms with Crippen LogP contribution in [0.5, 0.6) is 0 Å². The molecule has 4 aromatic heterocycles. The number of ether oxygens (including phenoxy) is 5. The predicted molar refractivity (Wildman–Crippen MR) is 304 cm³/mol. The number of anilines is 2. The molecule has 4 heterocycles. The number of nitrogens with two attached hydrogens (primary N) is 2. The van der Waals surface area contributed by atoms with Crippen LogP contribution in [0.4, 0.5) is 20.4 Å². The summed E-state index contributed by atoms with van der Waals surface area (Å²) in [5.41, 5.74) is 8.00. The van der Waals surface area contributed by atoms with E-state index in [2.05, 4.69) is 53.9 Å². The average molecular weight is 1210 g/mol. The number of carbonyl (C=O) groups is 3. The summed E-state index contributed by atoms with van der Waals surface area (Å²) < 4.78 is 81.2. The number of esters is 3. The third-order valence-electron chi connectivity index (χ3n) is 12.1. The maximum absolute atomic E-state index is 14.4. The van der Waals surface area contributed by atoms with Gasteiger partial charge in [-0.2, -0.15) is 0 Å². The van der Waals surface area contributed by atoms with Crippen molar-refractivity contribution in [3.8, 4) is 0 Å². The maximum Gasteiger partial charge on any atom is 0.350 e. The Balaban J connectivity index is 0.000000467. The Kier molecular flexibility index (Phi) is 29.1. The van der Waals surface area contributed by atoms with Crippen molar-refractivity contribution in [2.24, 2.45) is 0 Å². The highest BCUT2D eigenvalue weighted by molar-refractivity contribution is 7.59. The van der Waals surface area contributed by atoms with E-state index in [0.29, 0.717) is 67.7 Å². The highest BCUT2D eigenvalue weighted by Gasteiger charge is 2.47. The van der Waals surface area contributed by atoms with Gasteiger partial charge < -0.3 is 65.3 Å². The molecule has 0 spiro atoms. The largest absolute Gasteiger partial charge is 0.464 e. The molecule has 3 atom stereocenters. The van der Waals surface area contributed by atoms with Gasteiger partial charge in [0.25, 0.3) is 0 Å². The second-order valence-corrected chi connectivity index (χ2v) is 26.4. The monoisotopic (exact) mass is 1210 g/mol. The molecule has 0 bridgehead atoms. The second kappa shape index (κ2) is 32.5. The van der Waals surface area contributed by atoms with Crippen molar-refractivity contribution in [2.45, 2.75) is 199 Å². The molecule has 31 heteroatoms. The van der Waals surface area contributed by atoms with Crippen molar-refractivity contribution in [3.63, 3.8) is 0 Å². The lowest BCUT2D eigenvalue weighted by Gasteiger charge is -2.35. The number of nitrogens with zero attached hydrogens (tertiary/aromatic N) is 8. The van der Waals surface area contributed by atoms with E-state index in [9.17, 15) is 32.3 Å². The van der Waals surface area contributed by atoms with Gasteiger partial charge in [-0.05, 0) is 93.9 Å². The average Bonchev–Trinajstić information content (AvgIpc) is 4.32. The first-order valence-electron chi connectivity index (χ1n) is 26.7. The van der Waals surface area contributed by atoms with Crippen molar-refractivity contribution in [3.05, 3.63) is 25.3 Å². The summed E-state index contributed by atoms with van der Waals surface area (Å²) in [6.07, 6.45) is 13.8. The van der Waals surface area contributed by atoms with E-state index in [1.165, 1.54) is 45.7 Å². The summed E-state index contributed by atoms with van der Waals surface area (Å²) in [5.74, 6) is -1.16. The number of unbranched alkanes of at least 4 members (excludes halogenated alkanes) is 6. The number of aliphatic hydroxyl groups is 1. The van der Waals surface area contributed by atoms with Gasteiger partial charge in [-0.25, -0.2) is 48.9 Å². The third kappa shape index (κ3) is 26.2. The van der Waals surface area contributed by atoms with Gasteiger partial charge in [0.05, 0.1) is 57.8 Å². The third-order valence-corrected chi connectivity index (χ3v) is 15.0. The van der Waals surface area contributed by atoms with Gasteiger partial charge in [0, 0.05) is 0 Å². The number of halogens is 3. The van der Waals surface area contributed by atoms with E-state index in [1.54, 1.807) is 57.0 Å². The summed E-state index contributed by atoms with van der Waals surface area (Å²) in [6.45, 7) is 17.8. The van der Waals surface area contributed by atoms with E-state index in [1.807, 2.05) is 0 Å². The van der Waals surface area contributed by atoms with Gasteiger partial charge in [0.1, 0.15) is 70.3 Å². The number of nitrogens with one attached hydrogen (secondary N) is 2. The van der Waals surface area contributed by atoms with Crippen LogP contribution in [0.2, 0.25) is 0 Å². The first kappa shape index (κ1) is 72.5. The number of carbonyl (C=O) groups excluding carboxylic acids is 3. The minimum Gasteiger partial charge on any atom is -0.464 e. The summed E-state index contributed by atoms with van der Waals surface area (Å²) in [7, 11) is -8.01. The number of hydrogen-bond acceptors (Lipinski definition) is 20. The quantitative estimate of drug-likeness (QED) is 0.00819. The minimum atomic E-state index is -4.16. The van der Waals surface area contributed by atoms with Crippen LogP contribution in [-0.4, -0.2) is 150 Å². The van der Waals surface area contributed by atoms with E-state index in [0.717, 1.165) is 38.5 Å².